The number of thiazole rings is 1. The van der Waals surface area contributed by atoms with Gasteiger partial charge in [0.15, 0.2) is 5.13 Å². The summed E-state index contributed by atoms with van der Waals surface area (Å²) in [4.78, 5) is 22.3. The van der Waals surface area contributed by atoms with Gasteiger partial charge in [-0.25, -0.2) is 4.98 Å². The molecule has 0 aliphatic rings. The van der Waals surface area contributed by atoms with Gasteiger partial charge in [0.05, 0.1) is 36.6 Å². The third-order valence-electron chi connectivity index (χ3n) is 4.50. The highest BCUT2D eigenvalue weighted by molar-refractivity contribution is 8.00. The lowest BCUT2D eigenvalue weighted by atomic mass is 10.1. The van der Waals surface area contributed by atoms with Crippen LogP contribution in [0.2, 0.25) is 0 Å². The molecule has 1 heterocycles. The van der Waals surface area contributed by atoms with Gasteiger partial charge in [0.25, 0.3) is 0 Å². The van der Waals surface area contributed by atoms with Crippen molar-refractivity contribution in [2.24, 2.45) is 0 Å². The van der Waals surface area contributed by atoms with Crippen LogP contribution in [0.5, 0.6) is 0 Å². The molecule has 0 radical (unpaired) electrons. The predicted molar refractivity (Wildman–Crippen MR) is 121 cm³/mol. The standard InChI is InChI=1S/C22H27N3OS2/c1-16-13-17(2)21-19(14-16)23-22(28-21)25(12-8-11-24(3)4)20(26)15-27-18-9-6-5-7-10-18/h5-7,9-10,13-14H,8,11-12,15H2,1-4H3/p+1. The topological polar surface area (TPSA) is 37.6 Å². The first kappa shape index (κ1) is 20.8. The average molecular weight is 415 g/mol. The Hall–Kier alpha value is -1.89. The van der Waals surface area contributed by atoms with Crippen molar-refractivity contribution in [1.82, 2.24) is 4.98 Å². The molecule has 148 valence electrons. The molecule has 28 heavy (non-hydrogen) atoms. The second-order valence-corrected chi connectivity index (χ2v) is 9.41. The number of aryl methyl sites for hydroxylation is 2. The van der Waals surface area contributed by atoms with Crippen LogP contribution in [-0.4, -0.2) is 43.8 Å². The first-order valence-corrected chi connectivity index (χ1v) is 11.4. The van der Waals surface area contributed by atoms with E-state index in [1.54, 1.807) is 23.1 Å². The Labute approximate surface area is 175 Å². The summed E-state index contributed by atoms with van der Waals surface area (Å²) in [7, 11) is 4.28. The van der Waals surface area contributed by atoms with E-state index in [-0.39, 0.29) is 5.91 Å². The number of fused-ring (bicyclic) bond motifs is 1. The zero-order valence-corrected chi connectivity index (χ0v) is 18.6. The zero-order chi connectivity index (χ0) is 20.1. The van der Waals surface area contributed by atoms with E-state index in [0.29, 0.717) is 12.3 Å². The number of benzene rings is 2. The Morgan fingerprint density at radius 1 is 1.18 bits per heavy atom. The van der Waals surface area contributed by atoms with E-state index >= 15 is 0 Å². The van der Waals surface area contributed by atoms with Gasteiger partial charge in [-0.15, -0.1) is 11.8 Å². The van der Waals surface area contributed by atoms with E-state index in [0.717, 1.165) is 28.5 Å². The van der Waals surface area contributed by atoms with Crippen LogP contribution < -0.4 is 9.80 Å². The third-order valence-corrected chi connectivity index (χ3v) is 6.73. The fraction of sp³-hybridized carbons (Fsp3) is 0.364. The lowest BCUT2D eigenvalue weighted by Crippen LogP contribution is -3.05. The maximum Gasteiger partial charge on any atom is 0.239 e. The van der Waals surface area contributed by atoms with Crippen molar-refractivity contribution < 1.29 is 9.69 Å². The van der Waals surface area contributed by atoms with E-state index in [1.165, 1.54) is 20.7 Å². The maximum atomic E-state index is 13.1. The molecule has 0 aliphatic heterocycles. The van der Waals surface area contributed by atoms with Gasteiger partial charge in [-0.2, -0.15) is 0 Å². The van der Waals surface area contributed by atoms with E-state index in [9.17, 15) is 4.79 Å². The van der Waals surface area contributed by atoms with Crippen molar-refractivity contribution in [3.05, 3.63) is 53.6 Å². The summed E-state index contributed by atoms with van der Waals surface area (Å²) in [5, 5.41) is 0.816. The molecule has 0 spiro atoms. The van der Waals surface area contributed by atoms with Gasteiger partial charge in [0.1, 0.15) is 0 Å². The summed E-state index contributed by atoms with van der Waals surface area (Å²) in [6.07, 6.45) is 0.956. The van der Waals surface area contributed by atoms with Crippen LogP contribution in [-0.2, 0) is 4.79 Å². The number of nitrogens with one attached hydrogen (secondary N) is 1. The van der Waals surface area contributed by atoms with Gasteiger partial charge < -0.3 is 4.90 Å². The monoisotopic (exact) mass is 414 g/mol. The Morgan fingerprint density at radius 2 is 1.93 bits per heavy atom. The largest absolute Gasteiger partial charge is 0.340 e. The molecule has 0 unspecified atom stereocenters. The van der Waals surface area contributed by atoms with E-state index in [2.05, 4.69) is 40.1 Å². The van der Waals surface area contributed by atoms with Crippen LogP contribution in [0.3, 0.4) is 0 Å². The molecule has 3 rings (SSSR count). The third kappa shape index (κ3) is 5.34. The minimum absolute atomic E-state index is 0.121. The Morgan fingerprint density at radius 3 is 2.64 bits per heavy atom. The summed E-state index contributed by atoms with van der Waals surface area (Å²) in [5.41, 5.74) is 3.42. The van der Waals surface area contributed by atoms with E-state index < -0.39 is 0 Å². The van der Waals surface area contributed by atoms with Crippen LogP contribution in [0.25, 0.3) is 10.2 Å². The van der Waals surface area contributed by atoms with Crippen molar-refractivity contribution >= 4 is 44.4 Å². The van der Waals surface area contributed by atoms with E-state index in [4.69, 9.17) is 4.98 Å². The Balaban J connectivity index is 1.81. The lowest BCUT2D eigenvalue weighted by molar-refractivity contribution is -0.858. The number of hydrogen-bond acceptors (Lipinski definition) is 4. The number of rotatable bonds is 8. The molecule has 4 nitrogen and oxygen atoms in total. The Kier molecular flexibility index (Phi) is 7.10. The molecule has 0 saturated carbocycles. The highest BCUT2D eigenvalue weighted by atomic mass is 32.2. The molecule has 0 atom stereocenters. The second-order valence-electron chi connectivity index (χ2n) is 7.38. The smallest absolute Gasteiger partial charge is 0.239 e. The van der Waals surface area contributed by atoms with Gasteiger partial charge >= 0.3 is 0 Å². The first-order chi connectivity index (χ1) is 13.4. The number of carbonyl (C=O) groups is 1. The van der Waals surface area contributed by atoms with Crippen LogP contribution in [0.1, 0.15) is 17.5 Å². The maximum absolute atomic E-state index is 13.1. The molecule has 1 N–H and O–H groups in total. The molecular formula is C22H28N3OS2+. The molecule has 0 bridgehead atoms. The number of aromatic nitrogens is 1. The number of quaternary nitrogens is 1. The number of thioether (sulfide) groups is 1. The van der Waals surface area contributed by atoms with Gasteiger partial charge in [-0.1, -0.05) is 35.6 Å². The molecule has 6 heteroatoms. The van der Waals surface area contributed by atoms with Crippen LogP contribution in [0.4, 0.5) is 5.13 Å². The quantitative estimate of drug-likeness (QED) is 0.573. The highest BCUT2D eigenvalue weighted by Gasteiger charge is 2.20. The molecular weight excluding hydrogens is 386 g/mol. The zero-order valence-electron chi connectivity index (χ0n) is 17.0. The number of amides is 1. The van der Waals surface area contributed by atoms with E-state index in [1.807, 2.05) is 35.2 Å². The van der Waals surface area contributed by atoms with Gasteiger partial charge in [0.2, 0.25) is 5.91 Å². The van der Waals surface area contributed by atoms with Crippen molar-refractivity contribution in [2.75, 3.05) is 37.8 Å². The number of hydrogen-bond donors (Lipinski definition) is 1. The minimum Gasteiger partial charge on any atom is -0.340 e. The van der Waals surface area contributed by atoms with Crippen molar-refractivity contribution in [1.29, 1.82) is 0 Å². The SMILES string of the molecule is Cc1cc(C)c2sc(N(CCC[NH+](C)C)C(=O)CSc3ccccc3)nc2c1. The van der Waals surface area contributed by atoms with Crippen molar-refractivity contribution in [2.45, 2.75) is 25.2 Å². The summed E-state index contributed by atoms with van der Waals surface area (Å²) in [5.74, 6) is 0.545. The number of carbonyl (C=O) groups excluding carboxylic acids is 1. The first-order valence-electron chi connectivity index (χ1n) is 9.59. The molecule has 1 aromatic heterocycles. The number of anilines is 1. The van der Waals surface area contributed by atoms with Gasteiger partial charge in [0, 0.05) is 17.9 Å². The van der Waals surface area contributed by atoms with Crippen molar-refractivity contribution in [3.8, 4) is 0 Å². The molecule has 1 amide bonds. The fourth-order valence-electron chi connectivity index (χ4n) is 3.14. The minimum atomic E-state index is 0.121. The fourth-order valence-corrected chi connectivity index (χ4v) is 4.99. The molecule has 2 aromatic carbocycles. The molecule has 0 saturated heterocycles. The van der Waals surface area contributed by atoms with Crippen LogP contribution in [0, 0.1) is 13.8 Å². The van der Waals surface area contributed by atoms with Crippen LogP contribution in [0.15, 0.2) is 47.4 Å². The summed E-state index contributed by atoms with van der Waals surface area (Å²) >= 11 is 3.21. The average Bonchev–Trinajstić information content (AvgIpc) is 3.08. The van der Waals surface area contributed by atoms with Gasteiger partial charge in [-0.3, -0.25) is 9.69 Å². The molecule has 3 aromatic rings. The Bertz CT molecular complexity index is 938. The van der Waals surface area contributed by atoms with Gasteiger partial charge in [-0.05, 0) is 43.2 Å². The normalized spacial score (nSPS) is 11.3. The second kappa shape index (κ2) is 9.54. The summed E-state index contributed by atoms with van der Waals surface area (Å²) in [6.45, 7) is 5.94. The summed E-state index contributed by atoms with van der Waals surface area (Å²) in [6, 6.07) is 14.4. The summed E-state index contributed by atoms with van der Waals surface area (Å²) < 4.78 is 1.17. The number of nitrogens with zero attached hydrogens (tertiary/aromatic N) is 2. The lowest BCUT2D eigenvalue weighted by Gasteiger charge is -2.20. The molecule has 0 aliphatic carbocycles. The van der Waals surface area contributed by atoms with Crippen molar-refractivity contribution in [3.63, 3.8) is 0 Å². The van der Waals surface area contributed by atoms with Crippen LogP contribution >= 0.6 is 23.1 Å². The predicted octanol–water partition coefficient (Wildman–Crippen LogP) is 3.57. The highest BCUT2D eigenvalue weighted by Crippen LogP contribution is 2.32. The molecule has 0 fully saturated rings.